The van der Waals surface area contributed by atoms with E-state index in [-0.39, 0.29) is 0 Å². The number of halogens is 2. The zero-order valence-corrected chi connectivity index (χ0v) is 12.3. The molecule has 0 aromatic heterocycles. The average Bonchev–Trinajstić information content (AvgIpc) is 2.58. The maximum atomic E-state index is 6.19. The molecule has 4 heteroatoms. The van der Waals surface area contributed by atoms with Gasteiger partial charge in [0.1, 0.15) is 0 Å². The van der Waals surface area contributed by atoms with Crippen LogP contribution < -0.4 is 5.32 Å². The summed E-state index contributed by atoms with van der Waals surface area (Å²) < 4.78 is 0. The molecule has 0 bridgehead atoms. The molecule has 0 spiro atoms. The average molecular weight is 287 g/mol. The minimum atomic E-state index is 0.514. The first kappa shape index (κ1) is 14.0. The Balaban J connectivity index is 1.96. The van der Waals surface area contributed by atoms with Crippen molar-refractivity contribution in [3.05, 3.63) is 28.2 Å². The summed E-state index contributed by atoms with van der Waals surface area (Å²) in [5.41, 5.74) is 0.996. The fourth-order valence-electron chi connectivity index (χ4n) is 2.44. The zero-order chi connectivity index (χ0) is 13.0. The van der Waals surface area contributed by atoms with Crippen LogP contribution in [0.15, 0.2) is 18.2 Å². The summed E-state index contributed by atoms with van der Waals surface area (Å²) in [5.74, 6) is 0. The van der Waals surface area contributed by atoms with Gasteiger partial charge >= 0.3 is 0 Å². The predicted molar refractivity (Wildman–Crippen MR) is 79.8 cm³/mol. The molecule has 2 nitrogen and oxygen atoms in total. The van der Waals surface area contributed by atoms with Crippen LogP contribution in [0, 0.1) is 0 Å². The number of likely N-dealkylation sites (tertiary alicyclic amines) is 1. The van der Waals surface area contributed by atoms with Crippen LogP contribution in [0.25, 0.3) is 0 Å². The van der Waals surface area contributed by atoms with E-state index in [0.29, 0.717) is 16.1 Å². The van der Waals surface area contributed by atoms with Crippen LogP contribution >= 0.6 is 23.2 Å². The molecule has 0 saturated carbocycles. The Morgan fingerprint density at radius 1 is 1.28 bits per heavy atom. The highest BCUT2D eigenvalue weighted by Crippen LogP contribution is 2.27. The fraction of sp³-hybridized carbons (Fsp3) is 0.571. The van der Waals surface area contributed by atoms with Gasteiger partial charge in [0.2, 0.25) is 0 Å². The van der Waals surface area contributed by atoms with E-state index in [4.69, 9.17) is 23.2 Å². The molecule has 1 saturated heterocycles. The quantitative estimate of drug-likeness (QED) is 0.892. The van der Waals surface area contributed by atoms with Gasteiger partial charge in [0.25, 0.3) is 0 Å². The highest BCUT2D eigenvalue weighted by molar-refractivity contribution is 6.36. The molecule has 1 atom stereocenters. The van der Waals surface area contributed by atoms with E-state index in [1.807, 2.05) is 12.1 Å². The molecule has 1 fully saturated rings. The van der Waals surface area contributed by atoms with Crippen LogP contribution in [0.2, 0.25) is 10.0 Å². The normalized spacial score (nSPS) is 21.6. The monoisotopic (exact) mass is 286 g/mol. The molecular weight excluding hydrogens is 267 g/mol. The summed E-state index contributed by atoms with van der Waals surface area (Å²) in [6, 6.07) is 6.15. The van der Waals surface area contributed by atoms with E-state index < -0.39 is 0 Å². The molecular formula is C14H20Cl2N2. The Labute approximate surface area is 119 Å². The van der Waals surface area contributed by atoms with Crippen LogP contribution in [-0.4, -0.2) is 30.6 Å². The number of rotatable bonds is 3. The van der Waals surface area contributed by atoms with Crippen molar-refractivity contribution < 1.29 is 0 Å². The summed E-state index contributed by atoms with van der Waals surface area (Å²) in [6.07, 6.45) is 3.62. The van der Waals surface area contributed by atoms with Crippen LogP contribution in [-0.2, 0) is 0 Å². The van der Waals surface area contributed by atoms with E-state index in [9.17, 15) is 0 Å². The maximum absolute atomic E-state index is 6.19. The van der Waals surface area contributed by atoms with Crippen molar-refractivity contribution in [3.63, 3.8) is 0 Å². The standard InChI is InChI=1S/C14H20Cl2N2/c1-2-18-8-3-4-12(7-9-18)17-14-6-5-11(15)10-13(14)16/h5-6,10,12,17H,2-4,7-9H2,1H3. The van der Waals surface area contributed by atoms with E-state index in [1.54, 1.807) is 6.07 Å². The lowest BCUT2D eigenvalue weighted by atomic mass is 10.1. The lowest BCUT2D eigenvalue weighted by molar-refractivity contribution is 0.300. The van der Waals surface area contributed by atoms with Crippen molar-refractivity contribution in [2.24, 2.45) is 0 Å². The Morgan fingerprint density at radius 2 is 2.11 bits per heavy atom. The number of nitrogens with zero attached hydrogens (tertiary/aromatic N) is 1. The third kappa shape index (κ3) is 3.78. The topological polar surface area (TPSA) is 15.3 Å². The van der Waals surface area contributed by atoms with Gasteiger partial charge in [-0.05, 0) is 50.6 Å². The Hall–Kier alpha value is -0.440. The molecule has 1 aliphatic heterocycles. The van der Waals surface area contributed by atoms with Crippen molar-refractivity contribution in [2.75, 3.05) is 25.0 Å². The first-order valence-electron chi connectivity index (χ1n) is 6.63. The van der Waals surface area contributed by atoms with Crippen LogP contribution in [0.1, 0.15) is 26.2 Å². The molecule has 1 unspecified atom stereocenters. The minimum Gasteiger partial charge on any atom is -0.381 e. The van der Waals surface area contributed by atoms with Gasteiger partial charge in [-0.15, -0.1) is 0 Å². The molecule has 2 rings (SSSR count). The Morgan fingerprint density at radius 3 is 2.83 bits per heavy atom. The van der Waals surface area contributed by atoms with Gasteiger partial charge in [0, 0.05) is 17.6 Å². The molecule has 100 valence electrons. The van der Waals surface area contributed by atoms with Crippen molar-refractivity contribution >= 4 is 28.9 Å². The van der Waals surface area contributed by atoms with Gasteiger partial charge in [-0.1, -0.05) is 30.1 Å². The van der Waals surface area contributed by atoms with Crippen molar-refractivity contribution in [1.82, 2.24) is 4.90 Å². The van der Waals surface area contributed by atoms with Crippen LogP contribution in [0.4, 0.5) is 5.69 Å². The van der Waals surface area contributed by atoms with E-state index >= 15 is 0 Å². The van der Waals surface area contributed by atoms with E-state index in [0.717, 1.165) is 12.2 Å². The van der Waals surface area contributed by atoms with E-state index in [2.05, 4.69) is 17.1 Å². The van der Waals surface area contributed by atoms with E-state index in [1.165, 1.54) is 32.4 Å². The van der Waals surface area contributed by atoms with Gasteiger partial charge < -0.3 is 10.2 Å². The molecule has 1 aromatic rings. The smallest absolute Gasteiger partial charge is 0.0652 e. The molecule has 1 aliphatic rings. The van der Waals surface area contributed by atoms with Gasteiger partial charge in [-0.2, -0.15) is 0 Å². The molecule has 1 heterocycles. The molecule has 0 radical (unpaired) electrons. The van der Waals surface area contributed by atoms with Crippen LogP contribution in [0.3, 0.4) is 0 Å². The predicted octanol–water partition coefficient (Wildman–Crippen LogP) is 4.28. The number of benzene rings is 1. The summed E-state index contributed by atoms with van der Waals surface area (Å²) >= 11 is 12.1. The molecule has 1 aromatic carbocycles. The summed E-state index contributed by atoms with van der Waals surface area (Å²) in [4.78, 5) is 2.51. The number of hydrogen-bond donors (Lipinski definition) is 1. The zero-order valence-electron chi connectivity index (χ0n) is 10.8. The Bertz CT molecular complexity index is 395. The molecule has 0 aliphatic carbocycles. The number of nitrogens with one attached hydrogen (secondary N) is 1. The fourth-order valence-corrected chi connectivity index (χ4v) is 2.91. The number of hydrogen-bond acceptors (Lipinski definition) is 2. The maximum Gasteiger partial charge on any atom is 0.0652 e. The lowest BCUT2D eigenvalue weighted by Crippen LogP contribution is -2.26. The number of anilines is 1. The van der Waals surface area contributed by atoms with Gasteiger partial charge in [0.15, 0.2) is 0 Å². The van der Waals surface area contributed by atoms with Gasteiger partial charge in [-0.3, -0.25) is 0 Å². The van der Waals surface area contributed by atoms with Crippen LogP contribution in [0.5, 0.6) is 0 Å². The largest absolute Gasteiger partial charge is 0.381 e. The molecule has 0 amide bonds. The lowest BCUT2D eigenvalue weighted by Gasteiger charge is -2.20. The first-order valence-corrected chi connectivity index (χ1v) is 7.38. The Kier molecular flexibility index (Phi) is 5.16. The third-order valence-corrected chi connectivity index (χ3v) is 4.11. The summed E-state index contributed by atoms with van der Waals surface area (Å²) in [7, 11) is 0. The van der Waals surface area contributed by atoms with Gasteiger partial charge in [-0.25, -0.2) is 0 Å². The second-order valence-electron chi connectivity index (χ2n) is 4.83. The second kappa shape index (κ2) is 6.65. The van der Waals surface area contributed by atoms with Gasteiger partial charge in [0.05, 0.1) is 10.7 Å². The summed E-state index contributed by atoms with van der Waals surface area (Å²) in [5, 5.41) is 4.94. The van der Waals surface area contributed by atoms with Crippen molar-refractivity contribution in [2.45, 2.75) is 32.2 Å². The third-order valence-electron chi connectivity index (χ3n) is 3.56. The van der Waals surface area contributed by atoms with Crippen molar-refractivity contribution in [1.29, 1.82) is 0 Å². The second-order valence-corrected chi connectivity index (χ2v) is 5.67. The SMILES string of the molecule is CCN1CCCC(Nc2ccc(Cl)cc2Cl)CC1. The van der Waals surface area contributed by atoms with Crippen molar-refractivity contribution in [3.8, 4) is 0 Å². The molecule has 1 N–H and O–H groups in total. The summed E-state index contributed by atoms with van der Waals surface area (Å²) in [6.45, 7) is 5.75. The highest BCUT2D eigenvalue weighted by Gasteiger charge is 2.16. The highest BCUT2D eigenvalue weighted by atomic mass is 35.5. The molecule has 18 heavy (non-hydrogen) atoms. The first-order chi connectivity index (χ1) is 8.69. The minimum absolute atomic E-state index is 0.514.